The normalized spacial score (nSPS) is 20.4. The molecule has 118 valence electrons. The van der Waals surface area contributed by atoms with Crippen molar-refractivity contribution in [3.8, 4) is 0 Å². The summed E-state index contributed by atoms with van der Waals surface area (Å²) >= 11 is 0.796. The molecule has 1 heterocycles. The number of carbonyl (C=O) groups is 1. The molecule has 0 spiro atoms. The quantitative estimate of drug-likeness (QED) is 0.869. The summed E-state index contributed by atoms with van der Waals surface area (Å²) in [6, 6.07) is 1.42. The van der Waals surface area contributed by atoms with Crippen LogP contribution >= 0.6 is 11.3 Å². The second-order valence-electron chi connectivity index (χ2n) is 6.73. The van der Waals surface area contributed by atoms with Gasteiger partial charge in [-0.2, -0.15) is 0 Å². The molecule has 7 heteroatoms. The lowest BCUT2D eigenvalue weighted by atomic mass is 10.0. The van der Waals surface area contributed by atoms with Crippen LogP contribution in [0, 0.1) is 23.7 Å². The summed E-state index contributed by atoms with van der Waals surface area (Å²) in [5, 5.41) is 9.01. The predicted molar refractivity (Wildman–Crippen MR) is 82.3 cm³/mol. The Morgan fingerprint density at radius 3 is 2.24 bits per heavy atom. The maximum Gasteiger partial charge on any atom is 0.346 e. The molecule has 0 aromatic carbocycles. The first-order valence-corrected chi connectivity index (χ1v) is 9.04. The number of aromatic carboxylic acids is 1. The van der Waals surface area contributed by atoms with Gasteiger partial charge < -0.3 is 5.11 Å². The van der Waals surface area contributed by atoms with E-state index in [-0.39, 0.29) is 25.8 Å². The molecule has 0 unspecified atom stereocenters. The van der Waals surface area contributed by atoms with Gasteiger partial charge in [-0.15, -0.1) is 11.3 Å². The molecule has 0 aliphatic heterocycles. The molecule has 0 saturated heterocycles. The summed E-state index contributed by atoms with van der Waals surface area (Å²) in [5.41, 5.74) is 0.681. The third kappa shape index (κ3) is 2.62. The van der Waals surface area contributed by atoms with Crippen LogP contribution in [0.4, 0.5) is 0 Å². The third-order valence-electron chi connectivity index (χ3n) is 5.15. The minimum Gasteiger partial charge on any atom is -0.477 e. The summed E-state index contributed by atoms with van der Waals surface area (Å²) < 4.78 is 27.2. The Hall–Kier alpha value is -0.920. The van der Waals surface area contributed by atoms with E-state index in [1.165, 1.54) is 6.07 Å². The largest absolute Gasteiger partial charge is 0.477 e. The van der Waals surface area contributed by atoms with Crippen molar-refractivity contribution in [3.05, 3.63) is 16.5 Å². The first-order chi connectivity index (χ1) is 9.41. The average Bonchev–Trinajstić information content (AvgIpc) is 2.63. The van der Waals surface area contributed by atoms with Gasteiger partial charge in [0.1, 0.15) is 9.09 Å². The van der Waals surface area contributed by atoms with Gasteiger partial charge in [-0.3, -0.25) is 0 Å². The van der Waals surface area contributed by atoms with Crippen LogP contribution in [0.5, 0.6) is 0 Å². The van der Waals surface area contributed by atoms with E-state index in [1.54, 1.807) is 6.92 Å². The Morgan fingerprint density at radius 1 is 1.33 bits per heavy atom. The van der Waals surface area contributed by atoms with Crippen LogP contribution < -0.4 is 4.72 Å². The smallest absolute Gasteiger partial charge is 0.346 e. The minimum atomic E-state index is -3.65. The van der Waals surface area contributed by atoms with Crippen LogP contribution in [0.3, 0.4) is 0 Å². The highest BCUT2D eigenvalue weighted by Gasteiger charge is 2.64. The molecule has 21 heavy (non-hydrogen) atoms. The number of thiophene rings is 1. The van der Waals surface area contributed by atoms with E-state index in [9.17, 15) is 13.2 Å². The molecule has 5 nitrogen and oxygen atoms in total. The number of hydrogen-bond acceptors (Lipinski definition) is 4. The van der Waals surface area contributed by atoms with Crippen LogP contribution in [0.25, 0.3) is 0 Å². The molecule has 2 N–H and O–H groups in total. The molecule has 1 aromatic rings. The van der Waals surface area contributed by atoms with Gasteiger partial charge in [0.15, 0.2) is 0 Å². The van der Waals surface area contributed by atoms with Crippen LogP contribution in [0.1, 0.15) is 42.9 Å². The third-order valence-corrected chi connectivity index (χ3v) is 8.27. The van der Waals surface area contributed by atoms with Crippen molar-refractivity contribution >= 4 is 27.3 Å². The number of nitrogens with one attached hydrogen (secondary N) is 1. The lowest BCUT2D eigenvalue weighted by Crippen LogP contribution is -2.26. The topological polar surface area (TPSA) is 83.5 Å². The van der Waals surface area contributed by atoms with E-state index >= 15 is 0 Å². The van der Waals surface area contributed by atoms with Gasteiger partial charge in [-0.05, 0) is 35.3 Å². The molecule has 0 amide bonds. The monoisotopic (exact) mass is 331 g/mol. The van der Waals surface area contributed by atoms with E-state index in [4.69, 9.17) is 5.11 Å². The Labute approximate surface area is 129 Å². The molecular weight excluding hydrogens is 310 g/mol. The lowest BCUT2D eigenvalue weighted by molar-refractivity contribution is 0.0701. The Balaban J connectivity index is 2.14. The van der Waals surface area contributed by atoms with Crippen molar-refractivity contribution < 1.29 is 18.3 Å². The highest BCUT2D eigenvalue weighted by atomic mass is 32.2. The summed E-state index contributed by atoms with van der Waals surface area (Å²) in [6.45, 7) is 10.5. The predicted octanol–water partition coefficient (Wildman–Crippen LogP) is 2.72. The number of hydrogen-bond donors (Lipinski definition) is 2. The molecule has 1 aliphatic rings. The zero-order valence-corrected chi connectivity index (χ0v) is 14.5. The fraction of sp³-hybridized carbons (Fsp3) is 0.643. The number of carboxylic acid groups (broad SMARTS) is 1. The first kappa shape index (κ1) is 16.5. The van der Waals surface area contributed by atoms with Crippen molar-refractivity contribution in [2.24, 2.45) is 16.7 Å². The number of rotatable bonds is 5. The van der Waals surface area contributed by atoms with Gasteiger partial charge >= 0.3 is 5.97 Å². The summed E-state index contributed by atoms with van der Waals surface area (Å²) in [4.78, 5) is 11.1. The van der Waals surface area contributed by atoms with Gasteiger partial charge in [0, 0.05) is 6.54 Å². The van der Waals surface area contributed by atoms with E-state index in [0.717, 1.165) is 11.3 Å². The standard InChI is InChI=1S/C14H21NO4S2/c1-8-6-10(20-11(8)12(16)17)21(18,19)15-7-9-13(2,3)14(9,4)5/h6,9,15H,7H2,1-5H3,(H,16,17). The highest BCUT2D eigenvalue weighted by molar-refractivity contribution is 7.91. The second kappa shape index (κ2) is 4.79. The maximum atomic E-state index is 12.3. The lowest BCUT2D eigenvalue weighted by Gasteiger charge is -2.05. The van der Waals surface area contributed by atoms with Crippen molar-refractivity contribution in [2.75, 3.05) is 6.54 Å². The number of sulfonamides is 1. The maximum absolute atomic E-state index is 12.3. The fourth-order valence-electron chi connectivity index (χ4n) is 2.91. The van der Waals surface area contributed by atoms with E-state index < -0.39 is 16.0 Å². The van der Waals surface area contributed by atoms with Crippen molar-refractivity contribution in [1.29, 1.82) is 0 Å². The highest BCUT2D eigenvalue weighted by Crippen LogP contribution is 2.68. The van der Waals surface area contributed by atoms with E-state index in [0.29, 0.717) is 12.1 Å². The Kier molecular flexibility index (Phi) is 3.75. The number of carboxylic acids is 1. The second-order valence-corrected chi connectivity index (χ2v) is 9.78. The number of aryl methyl sites for hydroxylation is 1. The fourth-order valence-corrected chi connectivity index (χ4v) is 5.38. The summed E-state index contributed by atoms with van der Waals surface area (Å²) in [6.07, 6.45) is 0. The molecule has 0 atom stereocenters. The van der Waals surface area contributed by atoms with Crippen LogP contribution in [-0.4, -0.2) is 26.0 Å². The molecule has 0 bridgehead atoms. The van der Waals surface area contributed by atoms with Gasteiger partial charge in [-0.25, -0.2) is 17.9 Å². The zero-order chi connectivity index (χ0) is 16.2. The molecule has 1 fully saturated rings. The Morgan fingerprint density at radius 2 is 1.86 bits per heavy atom. The van der Waals surface area contributed by atoms with Crippen LogP contribution in [0.2, 0.25) is 0 Å². The average molecular weight is 331 g/mol. The first-order valence-electron chi connectivity index (χ1n) is 6.74. The Bertz CT molecular complexity index is 672. The molecule has 1 aromatic heterocycles. The minimum absolute atomic E-state index is 0.0636. The van der Waals surface area contributed by atoms with Crippen LogP contribution in [-0.2, 0) is 10.0 Å². The van der Waals surface area contributed by atoms with Crippen LogP contribution in [0.15, 0.2) is 10.3 Å². The molecule has 2 rings (SSSR count). The SMILES string of the molecule is Cc1cc(S(=O)(=O)NCC2C(C)(C)C2(C)C)sc1C(=O)O. The summed E-state index contributed by atoms with van der Waals surface area (Å²) in [7, 11) is -3.65. The van der Waals surface area contributed by atoms with E-state index in [2.05, 4.69) is 32.4 Å². The van der Waals surface area contributed by atoms with Gasteiger partial charge in [0.25, 0.3) is 0 Å². The van der Waals surface area contributed by atoms with Crippen molar-refractivity contribution in [2.45, 2.75) is 38.8 Å². The molecule has 1 saturated carbocycles. The van der Waals surface area contributed by atoms with Crippen molar-refractivity contribution in [1.82, 2.24) is 4.72 Å². The zero-order valence-electron chi connectivity index (χ0n) is 12.9. The van der Waals surface area contributed by atoms with E-state index in [1.807, 2.05) is 0 Å². The summed E-state index contributed by atoms with van der Waals surface area (Å²) in [5.74, 6) is -0.816. The van der Waals surface area contributed by atoms with Gasteiger partial charge in [-0.1, -0.05) is 27.7 Å². The molecular formula is C14H21NO4S2. The van der Waals surface area contributed by atoms with Crippen molar-refractivity contribution in [3.63, 3.8) is 0 Å². The van der Waals surface area contributed by atoms with Gasteiger partial charge in [0.2, 0.25) is 10.0 Å². The molecule has 1 aliphatic carbocycles. The van der Waals surface area contributed by atoms with Gasteiger partial charge in [0.05, 0.1) is 0 Å². The molecule has 0 radical (unpaired) electrons.